The normalized spacial score (nSPS) is 18.0. The van der Waals surface area contributed by atoms with E-state index >= 15 is 0 Å². The lowest BCUT2D eigenvalue weighted by atomic mass is 9.98. The Morgan fingerprint density at radius 2 is 1.83 bits per heavy atom. The third-order valence-corrected chi connectivity index (χ3v) is 7.17. The predicted molar refractivity (Wildman–Crippen MR) is 115 cm³/mol. The van der Waals surface area contributed by atoms with Crippen molar-refractivity contribution in [3.63, 3.8) is 0 Å². The summed E-state index contributed by atoms with van der Waals surface area (Å²) in [5.74, 6) is 2.23. The van der Waals surface area contributed by atoms with Crippen molar-refractivity contribution >= 4 is 20.6 Å². The van der Waals surface area contributed by atoms with Crippen LogP contribution in [0.5, 0.6) is 11.6 Å². The molecule has 3 aromatic rings. The standard InChI is InChI=1S/C23H25NO4S/c1-2-27-23-21(8-5-13-24-23)19-9-10-22(20-7-4-3-6-18(19)20)28-14-11-17-12-15-29(25,26)16-17/h3-10,13,17H,2,11-12,14-16H2,1H3. The number of ether oxygens (including phenoxy) is 2. The molecule has 0 N–H and O–H groups in total. The molecule has 4 rings (SSSR count). The first-order chi connectivity index (χ1) is 14.1. The van der Waals surface area contributed by atoms with E-state index in [0.717, 1.165) is 40.5 Å². The van der Waals surface area contributed by atoms with E-state index in [9.17, 15) is 8.42 Å². The molecular formula is C23H25NO4S. The summed E-state index contributed by atoms with van der Waals surface area (Å²) in [7, 11) is -2.84. The van der Waals surface area contributed by atoms with Gasteiger partial charge in [0, 0.05) is 17.1 Å². The molecule has 1 unspecified atom stereocenters. The van der Waals surface area contributed by atoms with Crippen molar-refractivity contribution < 1.29 is 17.9 Å². The fourth-order valence-electron chi connectivity index (χ4n) is 3.91. The molecule has 1 aliphatic rings. The Morgan fingerprint density at radius 3 is 2.59 bits per heavy atom. The van der Waals surface area contributed by atoms with E-state index in [0.29, 0.717) is 24.8 Å². The molecule has 2 heterocycles. The van der Waals surface area contributed by atoms with Gasteiger partial charge in [0.15, 0.2) is 9.84 Å². The van der Waals surface area contributed by atoms with E-state index in [1.165, 1.54) is 0 Å². The fourth-order valence-corrected chi connectivity index (χ4v) is 5.83. The monoisotopic (exact) mass is 411 g/mol. The van der Waals surface area contributed by atoms with Crippen molar-refractivity contribution in [3.8, 4) is 22.8 Å². The first-order valence-electron chi connectivity index (χ1n) is 10.0. The van der Waals surface area contributed by atoms with Crippen LogP contribution in [0.1, 0.15) is 19.8 Å². The summed E-state index contributed by atoms with van der Waals surface area (Å²) in [6.45, 7) is 3.02. The van der Waals surface area contributed by atoms with E-state index in [-0.39, 0.29) is 11.7 Å². The quantitative estimate of drug-likeness (QED) is 0.573. The maximum absolute atomic E-state index is 11.6. The van der Waals surface area contributed by atoms with Crippen LogP contribution in [0.4, 0.5) is 0 Å². The summed E-state index contributed by atoms with van der Waals surface area (Å²) in [4.78, 5) is 4.38. The van der Waals surface area contributed by atoms with Crippen LogP contribution in [0.15, 0.2) is 54.7 Å². The molecule has 1 saturated heterocycles. The van der Waals surface area contributed by atoms with Crippen LogP contribution in [-0.2, 0) is 9.84 Å². The average molecular weight is 412 g/mol. The van der Waals surface area contributed by atoms with Crippen LogP contribution in [0.2, 0.25) is 0 Å². The van der Waals surface area contributed by atoms with Crippen LogP contribution in [0.3, 0.4) is 0 Å². The second-order valence-electron chi connectivity index (χ2n) is 7.35. The number of hydrogen-bond donors (Lipinski definition) is 0. The van der Waals surface area contributed by atoms with Gasteiger partial charge in [-0.15, -0.1) is 0 Å². The number of fused-ring (bicyclic) bond motifs is 1. The number of hydrogen-bond acceptors (Lipinski definition) is 5. The van der Waals surface area contributed by atoms with Gasteiger partial charge in [0.1, 0.15) is 5.75 Å². The molecule has 1 aromatic heterocycles. The number of benzene rings is 2. The number of sulfone groups is 1. The highest BCUT2D eigenvalue weighted by molar-refractivity contribution is 7.91. The predicted octanol–water partition coefficient (Wildman–Crippen LogP) is 4.50. The van der Waals surface area contributed by atoms with Crippen LogP contribution < -0.4 is 9.47 Å². The van der Waals surface area contributed by atoms with Gasteiger partial charge < -0.3 is 9.47 Å². The molecule has 0 amide bonds. The molecule has 2 aromatic carbocycles. The second-order valence-corrected chi connectivity index (χ2v) is 9.58. The molecule has 0 bridgehead atoms. The van der Waals surface area contributed by atoms with Gasteiger partial charge in [-0.25, -0.2) is 13.4 Å². The van der Waals surface area contributed by atoms with Crippen LogP contribution in [0, 0.1) is 5.92 Å². The lowest BCUT2D eigenvalue weighted by molar-refractivity contribution is 0.288. The molecule has 152 valence electrons. The Labute approximate surface area is 171 Å². The van der Waals surface area contributed by atoms with E-state index in [4.69, 9.17) is 9.47 Å². The Balaban J connectivity index is 1.59. The smallest absolute Gasteiger partial charge is 0.221 e. The third-order valence-electron chi connectivity index (χ3n) is 5.34. The molecule has 1 fully saturated rings. The van der Waals surface area contributed by atoms with E-state index in [2.05, 4.69) is 11.1 Å². The van der Waals surface area contributed by atoms with Crippen molar-refractivity contribution in [2.45, 2.75) is 19.8 Å². The molecule has 0 spiro atoms. The maximum Gasteiger partial charge on any atom is 0.221 e. The molecule has 0 saturated carbocycles. The van der Waals surface area contributed by atoms with E-state index in [1.807, 2.05) is 49.4 Å². The van der Waals surface area contributed by atoms with E-state index in [1.54, 1.807) is 6.20 Å². The number of nitrogens with zero attached hydrogens (tertiary/aromatic N) is 1. The van der Waals surface area contributed by atoms with Gasteiger partial charge in [0.2, 0.25) is 5.88 Å². The Hall–Kier alpha value is -2.60. The lowest BCUT2D eigenvalue weighted by Gasteiger charge is -2.15. The lowest BCUT2D eigenvalue weighted by Crippen LogP contribution is -2.09. The van der Waals surface area contributed by atoms with Crippen LogP contribution >= 0.6 is 0 Å². The summed E-state index contributed by atoms with van der Waals surface area (Å²) < 4.78 is 35.1. The maximum atomic E-state index is 11.6. The number of rotatable bonds is 7. The van der Waals surface area contributed by atoms with Crippen molar-refractivity contribution in [2.24, 2.45) is 5.92 Å². The highest BCUT2D eigenvalue weighted by Gasteiger charge is 2.27. The molecule has 1 atom stereocenters. The van der Waals surface area contributed by atoms with Gasteiger partial charge in [-0.05, 0) is 60.9 Å². The zero-order valence-corrected chi connectivity index (χ0v) is 17.3. The minimum absolute atomic E-state index is 0.203. The summed E-state index contributed by atoms with van der Waals surface area (Å²) in [6.07, 6.45) is 3.23. The molecule has 0 radical (unpaired) electrons. The molecule has 6 heteroatoms. The topological polar surface area (TPSA) is 65.5 Å². The average Bonchev–Trinajstić information content (AvgIpc) is 3.07. The van der Waals surface area contributed by atoms with Gasteiger partial charge >= 0.3 is 0 Å². The fraction of sp³-hybridized carbons (Fsp3) is 0.348. The van der Waals surface area contributed by atoms with Crippen molar-refractivity contribution in [2.75, 3.05) is 24.7 Å². The van der Waals surface area contributed by atoms with Gasteiger partial charge in [-0.2, -0.15) is 0 Å². The van der Waals surface area contributed by atoms with Crippen molar-refractivity contribution in [3.05, 3.63) is 54.7 Å². The third kappa shape index (κ3) is 4.37. The summed E-state index contributed by atoms with van der Waals surface area (Å²) >= 11 is 0. The number of aromatic nitrogens is 1. The van der Waals surface area contributed by atoms with Gasteiger partial charge in [0.05, 0.1) is 24.7 Å². The molecule has 29 heavy (non-hydrogen) atoms. The zero-order chi connectivity index (χ0) is 20.3. The minimum atomic E-state index is -2.84. The van der Waals surface area contributed by atoms with Crippen LogP contribution in [-0.4, -0.2) is 38.1 Å². The summed E-state index contributed by atoms with van der Waals surface area (Å²) in [5.41, 5.74) is 2.00. The number of pyridine rings is 1. The van der Waals surface area contributed by atoms with Crippen LogP contribution in [0.25, 0.3) is 21.9 Å². The Morgan fingerprint density at radius 1 is 1.00 bits per heavy atom. The minimum Gasteiger partial charge on any atom is -0.493 e. The van der Waals surface area contributed by atoms with Crippen molar-refractivity contribution in [1.82, 2.24) is 4.98 Å². The molecular weight excluding hydrogens is 386 g/mol. The van der Waals surface area contributed by atoms with Gasteiger partial charge in [-0.1, -0.05) is 24.3 Å². The SMILES string of the molecule is CCOc1ncccc1-c1ccc(OCCC2CCS(=O)(=O)C2)c2ccccc12. The molecule has 0 aliphatic carbocycles. The summed E-state index contributed by atoms with van der Waals surface area (Å²) in [6, 6.07) is 16.1. The van der Waals surface area contributed by atoms with E-state index < -0.39 is 9.84 Å². The highest BCUT2D eigenvalue weighted by Crippen LogP contribution is 2.37. The Bertz CT molecular complexity index is 1110. The van der Waals surface area contributed by atoms with Gasteiger partial charge in [0.25, 0.3) is 0 Å². The first kappa shape index (κ1) is 19.7. The highest BCUT2D eigenvalue weighted by atomic mass is 32.2. The second kappa shape index (κ2) is 8.41. The molecule has 1 aliphatic heterocycles. The van der Waals surface area contributed by atoms with Crippen molar-refractivity contribution in [1.29, 1.82) is 0 Å². The zero-order valence-electron chi connectivity index (χ0n) is 16.5. The Kier molecular flexibility index (Phi) is 5.72. The molecule has 5 nitrogen and oxygen atoms in total. The van der Waals surface area contributed by atoms with Gasteiger partial charge in [-0.3, -0.25) is 0 Å². The largest absolute Gasteiger partial charge is 0.493 e. The first-order valence-corrected chi connectivity index (χ1v) is 11.8. The summed E-state index contributed by atoms with van der Waals surface area (Å²) in [5, 5.41) is 2.10.